The van der Waals surface area contributed by atoms with Crippen LogP contribution < -0.4 is 10.6 Å². The second-order valence-electron chi connectivity index (χ2n) is 4.23. The normalized spacial score (nSPS) is 20.1. The lowest BCUT2D eigenvalue weighted by atomic mass is 10.3. The van der Waals surface area contributed by atoms with Gasteiger partial charge in [-0.05, 0) is 26.4 Å². The van der Waals surface area contributed by atoms with E-state index in [2.05, 4.69) is 15.5 Å². The van der Waals surface area contributed by atoms with Crippen molar-refractivity contribution in [3.8, 4) is 0 Å². The number of nitrogens with one attached hydrogen (secondary N) is 2. The van der Waals surface area contributed by atoms with Crippen LogP contribution in [0.4, 0.5) is 0 Å². The Morgan fingerprint density at radius 2 is 2.31 bits per heavy atom. The van der Waals surface area contributed by atoms with Gasteiger partial charge >= 0.3 is 0 Å². The zero-order valence-electron chi connectivity index (χ0n) is 10.3. The Hall–Kier alpha value is -0.650. The molecule has 0 aliphatic carbocycles. The molecule has 1 aliphatic rings. The van der Waals surface area contributed by atoms with E-state index in [-0.39, 0.29) is 12.0 Å². The molecule has 1 saturated heterocycles. The van der Waals surface area contributed by atoms with Crippen molar-refractivity contribution in [2.24, 2.45) is 0 Å². The molecule has 1 rings (SSSR count). The molecular formula is C11H23N3O2. The Morgan fingerprint density at radius 3 is 3.06 bits per heavy atom. The van der Waals surface area contributed by atoms with Crippen LogP contribution in [-0.4, -0.2) is 63.3 Å². The number of nitrogens with zero attached hydrogens (tertiary/aromatic N) is 1. The highest BCUT2D eigenvalue weighted by Crippen LogP contribution is 1.94. The van der Waals surface area contributed by atoms with Gasteiger partial charge in [0.15, 0.2) is 0 Å². The van der Waals surface area contributed by atoms with E-state index in [4.69, 9.17) is 4.74 Å². The molecular weight excluding hydrogens is 206 g/mol. The fraction of sp³-hybridized carbons (Fsp3) is 0.909. The van der Waals surface area contributed by atoms with Crippen molar-refractivity contribution in [3.05, 3.63) is 0 Å². The third-order valence-corrected chi connectivity index (χ3v) is 2.79. The zero-order chi connectivity index (χ0) is 11.8. The molecule has 0 aromatic heterocycles. The average molecular weight is 229 g/mol. The molecule has 1 fully saturated rings. The average Bonchev–Trinajstić information content (AvgIpc) is 2.54. The molecule has 1 atom stereocenters. The number of amides is 1. The standard InChI is InChI=1S/C11H23N3O2/c1-10(16-2)8-13-11(15)9-14-6-3-4-12-5-7-14/h10,12H,3-9H2,1-2H3,(H,13,15). The third kappa shape index (κ3) is 5.44. The highest BCUT2D eigenvalue weighted by Gasteiger charge is 2.12. The van der Waals surface area contributed by atoms with Crippen molar-refractivity contribution >= 4 is 5.91 Å². The zero-order valence-corrected chi connectivity index (χ0v) is 10.3. The van der Waals surface area contributed by atoms with Gasteiger partial charge in [0.25, 0.3) is 0 Å². The van der Waals surface area contributed by atoms with Crippen LogP contribution in [0.2, 0.25) is 0 Å². The van der Waals surface area contributed by atoms with Crippen LogP contribution in [0.1, 0.15) is 13.3 Å². The van der Waals surface area contributed by atoms with Gasteiger partial charge < -0.3 is 15.4 Å². The van der Waals surface area contributed by atoms with Crippen molar-refractivity contribution in [1.82, 2.24) is 15.5 Å². The summed E-state index contributed by atoms with van der Waals surface area (Å²) in [6, 6.07) is 0. The first-order valence-electron chi connectivity index (χ1n) is 5.95. The van der Waals surface area contributed by atoms with Crippen molar-refractivity contribution < 1.29 is 9.53 Å². The van der Waals surface area contributed by atoms with Crippen molar-refractivity contribution in [2.45, 2.75) is 19.4 Å². The number of carbonyl (C=O) groups is 1. The minimum Gasteiger partial charge on any atom is -0.380 e. The predicted octanol–water partition coefficient (Wildman–Crippen LogP) is -0.567. The van der Waals surface area contributed by atoms with Gasteiger partial charge in [0, 0.05) is 26.7 Å². The molecule has 16 heavy (non-hydrogen) atoms. The van der Waals surface area contributed by atoms with Crippen LogP contribution in [0, 0.1) is 0 Å². The van der Waals surface area contributed by atoms with E-state index in [1.807, 2.05) is 6.92 Å². The summed E-state index contributed by atoms with van der Waals surface area (Å²) in [6.45, 7) is 7.00. The second kappa shape index (κ2) is 7.60. The summed E-state index contributed by atoms with van der Waals surface area (Å²) in [6.07, 6.45) is 1.19. The van der Waals surface area contributed by atoms with E-state index in [0.29, 0.717) is 13.1 Å². The van der Waals surface area contributed by atoms with Gasteiger partial charge in [0.1, 0.15) is 0 Å². The van der Waals surface area contributed by atoms with E-state index in [9.17, 15) is 4.79 Å². The summed E-state index contributed by atoms with van der Waals surface area (Å²) >= 11 is 0. The summed E-state index contributed by atoms with van der Waals surface area (Å²) in [5.41, 5.74) is 0. The lowest BCUT2D eigenvalue weighted by molar-refractivity contribution is -0.122. The summed E-state index contributed by atoms with van der Waals surface area (Å²) < 4.78 is 5.07. The smallest absolute Gasteiger partial charge is 0.234 e. The predicted molar refractivity (Wildman–Crippen MR) is 63.4 cm³/mol. The molecule has 5 heteroatoms. The fourth-order valence-corrected chi connectivity index (χ4v) is 1.66. The molecule has 0 radical (unpaired) electrons. The van der Waals surface area contributed by atoms with Crippen LogP contribution in [0.5, 0.6) is 0 Å². The molecule has 1 aliphatic heterocycles. The molecule has 0 saturated carbocycles. The van der Waals surface area contributed by atoms with E-state index in [1.165, 1.54) is 0 Å². The molecule has 1 amide bonds. The van der Waals surface area contributed by atoms with E-state index in [1.54, 1.807) is 7.11 Å². The van der Waals surface area contributed by atoms with Crippen molar-refractivity contribution in [3.63, 3.8) is 0 Å². The van der Waals surface area contributed by atoms with Crippen LogP contribution >= 0.6 is 0 Å². The van der Waals surface area contributed by atoms with E-state index < -0.39 is 0 Å². The first kappa shape index (κ1) is 13.4. The van der Waals surface area contributed by atoms with Crippen LogP contribution in [0.3, 0.4) is 0 Å². The maximum atomic E-state index is 11.6. The highest BCUT2D eigenvalue weighted by atomic mass is 16.5. The second-order valence-corrected chi connectivity index (χ2v) is 4.23. The van der Waals surface area contributed by atoms with Gasteiger partial charge in [-0.1, -0.05) is 0 Å². The Morgan fingerprint density at radius 1 is 1.50 bits per heavy atom. The molecule has 0 spiro atoms. The van der Waals surface area contributed by atoms with Gasteiger partial charge in [0.05, 0.1) is 12.6 Å². The van der Waals surface area contributed by atoms with Crippen LogP contribution in [-0.2, 0) is 9.53 Å². The SMILES string of the molecule is COC(C)CNC(=O)CN1CCCNCC1. The largest absolute Gasteiger partial charge is 0.380 e. The molecule has 0 bridgehead atoms. The van der Waals surface area contributed by atoms with Gasteiger partial charge in [-0.25, -0.2) is 0 Å². The van der Waals surface area contributed by atoms with E-state index >= 15 is 0 Å². The van der Waals surface area contributed by atoms with Crippen molar-refractivity contribution in [1.29, 1.82) is 0 Å². The van der Waals surface area contributed by atoms with Gasteiger partial charge in [-0.15, -0.1) is 0 Å². The Bertz CT molecular complexity index is 203. The number of rotatable bonds is 5. The summed E-state index contributed by atoms with van der Waals surface area (Å²) in [7, 11) is 1.65. The lowest BCUT2D eigenvalue weighted by Crippen LogP contribution is -2.41. The maximum absolute atomic E-state index is 11.6. The Kier molecular flexibility index (Phi) is 6.37. The first-order valence-corrected chi connectivity index (χ1v) is 5.95. The number of ether oxygens (including phenoxy) is 1. The molecule has 0 aromatic carbocycles. The van der Waals surface area contributed by atoms with E-state index in [0.717, 1.165) is 32.6 Å². The van der Waals surface area contributed by atoms with Gasteiger partial charge in [-0.2, -0.15) is 0 Å². The van der Waals surface area contributed by atoms with Crippen molar-refractivity contribution in [2.75, 3.05) is 46.4 Å². The molecule has 1 heterocycles. The third-order valence-electron chi connectivity index (χ3n) is 2.79. The molecule has 1 unspecified atom stereocenters. The lowest BCUT2D eigenvalue weighted by Gasteiger charge is -2.19. The summed E-state index contributed by atoms with van der Waals surface area (Å²) in [5, 5.41) is 6.19. The Balaban J connectivity index is 2.16. The molecule has 94 valence electrons. The molecule has 0 aromatic rings. The first-order chi connectivity index (χ1) is 7.72. The molecule has 5 nitrogen and oxygen atoms in total. The summed E-state index contributed by atoms with van der Waals surface area (Å²) in [4.78, 5) is 13.8. The Labute approximate surface area is 97.5 Å². The minimum atomic E-state index is 0.0785. The van der Waals surface area contributed by atoms with Crippen LogP contribution in [0.25, 0.3) is 0 Å². The number of hydrogen-bond acceptors (Lipinski definition) is 4. The van der Waals surface area contributed by atoms with Crippen LogP contribution in [0.15, 0.2) is 0 Å². The quantitative estimate of drug-likeness (QED) is 0.663. The topological polar surface area (TPSA) is 53.6 Å². The monoisotopic (exact) mass is 229 g/mol. The number of methoxy groups -OCH3 is 1. The number of hydrogen-bond donors (Lipinski definition) is 2. The maximum Gasteiger partial charge on any atom is 0.234 e. The number of carbonyl (C=O) groups excluding carboxylic acids is 1. The highest BCUT2D eigenvalue weighted by molar-refractivity contribution is 5.78. The molecule has 2 N–H and O–H groups in total. The minimum absolute atomic E-state index is 0.0785. The van der Waals surface area contributed by atoms with Gasteiger partial charge in [-0.3, -0.25) is 9.69 Å². The van der Waals surface area contributed by atoms with Gasteiger partial charge in [0.2, 0.25) is 5.91 Å². The summed E-state index contributed by atoms with van der Waals surface area (Å²) in [5.74, 6) is 0.0887. The fourth-order valence-electron chi connectivity index (χ4n) is 1.66.